The van der Waals surface area contributed by atoms with Crippen molar-refractivity contribution in [1.82, 2.24) is 13.5 Å². The molecule has 4 heteroatoms. The second-order valence-electron chi connectivity index (χ2n) is 15.7. The van der Waals surface area contributed by atoms with E-state index in [2.05, 4.69) is 189 Å². The molecular formula is C54H31N3O. The summed E-state index contributed by atoms with van der Waals surface area (Å²) in [5, 5.41) is 12.4. The fourth-order valence-electron chi connectivity index (χ4n) is 10.3. The zero-order valence-corrected chi connectivity index (χ0v) is 31.1. The van der Waals surface area contributed by atoms with Crippen LogP contribution in [0.25, 0.3) is 126 Å². The molecule has 4 nitrogen and oxygen atoms in total. The van der Waals surface area contributed by atoms with Crippen LogP contribution in [0.4, 0.5) is 0 Å². The Labute approximate surface area is 330 Å². The largest absolute Gasteiger partial charge is 0.456 e. The highest BCUT2D eigenvalue weighted by Crippen LogP contribution is 2.43. The van der Waals surface area contributed by atoms with Gasteiger partial charge in [-0.25, -0.2) is 0 Å². The molecule has 0 aliphatic carbocycles. The molecule has 14 aromatic rings. The molecule has 0 saturated heterocycles. The van der Waals surface area contributed by atoms with Crippen LogP contribution < -0.4 is 0 Å². The Morgan fingerprint density at radius 3 is 1.31 bits per heavy atom. The smallest absolute Gasteiger partial charge is 0.137 e. The van der Waals surface area contributed by atoms with E-state index in [9.17, 15) is 0 Å². The number of hydrogen-bond donors (Lipinski definition) is 0. The lowest BCUT2D eigenvalue weighted by Crippen LogP contribution is -1.94. The van der Waals surface area contributed by atoms with Crippen LogP contribution in [0.5, 0.6) is 0 Å². The van der Waals surface area contributed by atoms with Gasteiger partial charge in [0.15, 0.2) is 0 Å². The van der Waals surface area contributed by atoms with Crippen LogP contribution in [0.15, 0.2) is 192 Å². The first kappa shape index (κ1) is 30.4. The third kappa shape index (κ3) is 3.88. The standard InChI is InChI=1S/C54H31N3O/c1-6-16-46-36(11-1)42-27-32(21-25-50(42)55(46)34-23-24-41-40-15-5-10-20-52(40)58-53(41)31-34)33-22-26-51-43(28-33)37-12-2-7-17-47(37)56(51)35-29-44-38-13-3-8-18-48(38)57-49-19-9-4-14-39(49)45(30-35)54(44)57/h1-31H. The lowest BCUT2D eigenvalue weighted by molar-refractivity contribution is 0.668. The number of aromatic nitrogens is 3. The Kier molecular flexibility index (Phi) is 5.73. The summed E-state index contributed by atoms with van der Waals surface area (Å²) in [6, 6.07) is 68.8. The van der Waals surface area contributed by atoms with Crippen molar-refractivity contribution in [3.05, 3.63) is 188 Å². The topological polar surface area (TPSA) is 27.4 Å². The second kappa shape index (κ2) is 10.9. The summed E-state index contributed by atoms with van der Waals surface area (Å²) in [7, 11) is 0. The SMILES string of the molecule is c1ccc2c(c1)oc1cc(-n3c4ccccc4c4cc(-c5ccc6c(c5)c5ccccc5n6-c5cc6c7ccccc7n7c8ccccc8c(c5)c67)ccc43)ccc12. The molecule has 0 atom stereocenters. The van der Waals surface area contributed by atoms with Crippen LogP contribution >= 0.6 is 0 Å². The number of para-hydroxylation sites is 5. The van der Waals surface area contributed by atoms with Crippen LogP contribution in [0.2, 0.25) is 0 Å². The minimum Gasteiger partial charge on any atom is -0.456 e. The van der Waals surface area contributed by atoms with Crippen molar-refractivity contribution in [2.24, 2.45) is 0 Å². The first-order chi connectivity index (χ1) is 28.8. The maximum atomic E-state index is 6.33. The molecule has 5 aromatic heterocycles. The molecule has 5 heterocycles. The van der Waals surface area contributed by atoms with E-state index in [1.807, 2.05) is 12.1 Å². The van der Waals surface area contributed by atoms with E-state index in [0.717, 1.165) is 27.6 Å². The van der Waals surface area contributed by atoms with Crippen LogP contribution in [0.3, 0.4) is 0 Å². The average Bonchev–Trinajstić information content (AvgIpc) is 4.07. The predicted molar refractivity (Wildman–Crippen MR) is 242 cm³/mol. The van der Waals surface area contributed by atoms with Gasteiger partial charge in [0.2, 0.25) is 0 Å². The predicted octanol–water partition coefficient (Wildman–Crippen LogP) is 14.6. The van der Waals surface area contributed by atoms with Crippen molar-refractivity contribution in [2.75, 3.05) is 0 Å². The number of rotatable bonds is 3. The quantitative estimate of drug-likeness (QED) is 0.177. The molecule has 0 N–H and O–H groups in total. The van der Waals surface area contributed by atoms with Gasteiger partial charge in [-0.1, -0.05) is 103 Å². The normalized spacial score (nSPS) is 12.5. The highest BCUT2D eigenvalue weighted by atomic mass is 16.3. The fraction of sp³-hybridized carbons (Fsp3) is 0. The van der Waals surface area contributed by atoms with E-state index in [4.69, 9.17) is 4.42 Å². The first-order valence-corrected chi connectivity index (χ1v) is 19.9. The van der Waals surface area contributed by atoms with Gasteiger partial charge < -0.3 is 18.0 Å². The van der Waals surface area contributed by atoms with Gasteiger partial charge in [-0.15, -0.1) is 0 Å². The number of furan rings is 1. The fourth-order valence-corrected chi connectivity index (χ4v) is 10.3. The summed E-state index contributed by atoms with van der Waals surface area (Å²) in [5.74, 6) is 0. The molecule has 0 aliphatic rings. The van der Waals surface area contributed by atoms with Crippen molar-refractivity contribution in [3.63, 3.8) is 0 Å². The lowest BCUT2D eigenvalue weighted by atomic mass is 10.0. The maximum Gasteiger partial charge on any atom is 0.137 e. The highest BCUT2D eigenvalue weighted by molar-refractivity contribution is 6.24. The van der Waals surface area contributed by atoms with E-state index >= 15 is 0 Å². The van der Waals surface area contributed by atoms with Gasteiger partial charge in [0.25, 0.3) is 0 Å². The first-order valence-electron chi connectivity index (χ1n) is 19.9. The van der Waals surface area contributed by atoms with Gasteiger partial charge in [-0.2, -0.15) is 0 Å². The van der Waals surface area contributed by atoms with E-state index in [0.29, 0.717) is 0 Å². The molecular weight excluding hydrogens is 707 g/mol. The third-order valence-electron chi connectivity index (χ3n) is 12.7. The minimum atomic E-state index is 0.897. The maximum absolute atomic E-state index is 6.33. The van der Waals surface area contributed by atoms with Gasteiger partial charge in [0.05, 0.1) is 38.6 Å². The minimum absolute atomic E-state index is 0.897. The molecule has 9 aromatic carbocycles. The molecule has 0 fully saturated rings. The van der Waals surface area contributed by atoms with Crippen molar-refractivity contribution in [1.29, 1.82) is 0 Å². The van der Waals surface area contributed by atoms with E-state index in [1.165, 1.54) is 98.5 Å². The number of hydrogen-bond acceptors (Lipinski definition) is 1. The molecule has 0 bridgehead atoms. The second-order valence-corrected chi connectivity index (χ2v) is 15.7. The Hall–Kier alpha value is -7.82. The van der Waals surface area contributed by atoms with Crippen LogP contribution in [-0.2, 0) is 0 Å². The van der Waals surface area contributed by atoms with Gasteiger partial charge >= 0.3 is 0 Å². The highest BCUT2D eigenvalue weighted by Gasteiger charge is 2.21. The van der Waals surface area contributed by atoms with Gasteiger partial charge in [0.1, 0.15) is 11.2 Å². The molecule has 14 rings (SSSR count). The van der Waals surface area contributed by atoms with E-state index in [1.54, 1.807) is 0 Å². The molecule has 0 unspecified atom stereocenters. The number of nitrogens with zero attached hydrogens (tertiary/aromatic N) is 3. The zero-order valence-electron chi connectivity index (χ0n) is 31.1. The lowest BCUT2D eigenvalue weighted by Gasteiger charge is -2.10. The molecule has 268 valence electrons. The molecule has 58 heavy (non-hydrogen) atoms. The van der Waals surface area contributed by atoms with Gasteiger partial charge in [-0.3, -0.25) is 0 Å². The molecule has 0 aliphatic heterocycles. The Morgan fingerprint density at radius 1 is 0.276 bits per heavy atom. The van der Waals surface area contributed by atoms with Crippen LogP contribution in [0, 0.1) is 0 Å². The monoisotopic (exact) mass is 737 g/mol. The van der Waals surface area contributed by atoms with Crippen LogP contribution in [0.1, 0.15) is 0 Å². The summed E-state index contributed by atoms with van der Waals surface area (Å²) >= 11 is 0. The Bertz CT molecular complexity index is 3960. The molecule has 0 spiro atoms. The van der Waals surface area contributed by atoms with Gasteiger partial charge in [0, 0.05) is 71.3 Å². The van der Waals surface area contributed by atoms with Crippen molar-refractivity contribution in [2.45, 2.75) is 0 Å². The van der Waals surface area contributed by atoms with Crippen molar-refractivity contribution < 1.29 is 4.42 Å². The summed E-state index contributed by atoms with van der Waals surface area (Å²) in [6.07, 6.45) is 0. The molecule has 0 amide bonds. The van der Waals surface area contributed by atoms with Crippen molar-refractivity contribution >= 4 is 104 Å². The van der Waals surface area contributed by atoms with Crippen LogP contribution in [-0.4, -0.2) is 13.5 Å². The van der Waals surface area contributed by atoms with E-state index < -0.39 is 0 Å². The summed E-state index contributed by atoms with van der Waals surface area (Å²) in [6.45, 7) is 0. The summed E-state index contributed by atoms with van der Waals surface area (Å²) < 4.78 is 13.6. The van der Waals surface area contributed by atoms with Gasteiger partial charge in [-0.05, 0) is 90.0 Å². The number of benzene rings is 9. The number of fused-ring (bicyclic) bond motifs is 15. The summed E-state index contributed by atoms with van der Waals surface area (Å²) in [4.78, 5) is 0. The van der Waals surface area contributed by atoms with Crippen molar-refractivity contribution in [3.8, 4) is 22.5 Å². The molecule has 0 radical (unpaired) electrons. The summed E-state index contributed by atoms with van der Waals surface area (Å²) in [5.41, 5.74) is 15.0. The zero-order chi connectivity index (χ0) is 37.6. The third-order valence-corrected chi connectivity index (χ3v) is 12.7. The average molecular weight is 738 g/mol. The van der Waals surface area contributed by atoms with E-state index in [-0.39, 0.29) is 0 Å². The Balaban J connectivity index is 0.963. The Morgan fingerprint density at radius 2 is 0.724 bits per heavy atom. The molecule has 0 saturated carbocycles.